The van der Waals surface area contributed by atoms with Gasteiger partial charge in [-0.3, -0.25) is 4.52 Å². The zero-order chi connectivity index (χ0) is 27.9. The van der Waals surface area contributed by atoms with E-state index in [9.17, 15) is 0 Å². The minimum absolute atomic E-state index is 0.365. The maximum absolute atomic E-state index is 6.73. The Balaban J connectivity index is 1.32. The Morgan fingerprint density at radius 2 is 1.29 bits per heavy atom. The van der Waals surface area contributed by atoms with Crippen LogP contribution in [0.15, 0.2) is 81.2 Å². The lowest BCUT2D eigenvalue weighted by Gasteiger charge is -2.28. The fourth-order valence-electron chi connectivity index (χ4n) is 6.29. The lowest BCUT2D eigenvalue weighted by Crippen LogP contribution is -2.45. The molecule has 0 radical (unpaired) electrons. The summed E-state index contributed by atoms with van der Waals surface area (Å²) in [6.07, 6.45) is -2.56. The second kappa shape index (κ2) is 9.28. The molecule has 0 saturated carbocycles. The van der Waals surface area contributed by atoms with Crippen molar-refractivity contribution in [2.45, 2.75) is 70.0 Å². The third kappa shape index (κ3) is 4.37. The number of rotatable bonds is 3. The molecule has 3 aliphatic rings. The molecule has 0 N–H and O–H groups in total. The van der Waals surface area contributed by atoms with Crippen LogP contribution in [0.4, 0.5) is 0 Å². The van der Waals surface area contributed by atoms with Gasteiger partial charge < -0.3 is 32.1 Å². The summed E-state index contributed by atoms with van der Waals surface area (Å²) >= 11 is 0. The van der Waals surface area contributed by atoms with Crippen LogP contribution in [-0.2, 0) is 23.7 Å². The van der Waals surface area contributed by atoms with Crippen LogP contribution in [0.25, 0.3) is 43.5 Å². The fourth-order valence-corrected chi connectivity index (χ4v) is 7.48. The van der Waals surface area contributed by atoms with E-state index in [1.807, 2.05) is 64.1 Å². The second-order valence-corrected chi connectivity index (χ2v) is 12.8. The van der Waals surface area contributed by atoms with E-state index in [4.69, 9.17) is 36.6 Å². The minimum Gasteiger partial charge on any atom is -0.399 e. The number of hydrogen-bond donors (Lipinski definition) is 0. The Bertz CT molecular complexity index is 1750. The SMILES string of the molecule is CC1(C)O[C@H]2O[C@H]([C@@H]3COC(C)(C)O3)[C@@H](Op3oc4ccc5ccccc5c4c4c(ccc5ccccc54)o3)[C@H]2O1. The van der Waals surface area contributed by atoms with Crippen LogP contribution >= 0.6 is 8.24 Å². The van der Waals surface area contributed by atoms with Crippen molar-refractivity contribution >= 4 is 51.7 Å². The highest BCUT2D eigenvalue weighted by Gasteiger charge is 2.59. The van der Waals surface area contributed by atoms with Crippen LogP contribution in [-0.4, -0.2) is 48.9 Å². The quantitative estimate of drug-likeness (QED) is 0.220. The van der Waals surface area contributed by atoms with Crippen molar-refractivity contribution in [2.24, 2.45) is 0 Å². The lowest BCUT2D eigenvalue weighted by atomic mass is 9.99. The molecule has 0 bridgehead atoms. The van der Waals surface area contributed by atoms with Crippen LogP contribution in [0.2, 0.25) is 0 Å². The van der Waals surface area contributed by atoms with Gasteiger partial charge in [0.05, 0.1) is 6.61 Å². The summed E-state index contributed by atoms with van der Waals surface area (Å²) < 4.78 is 50.7. The van der Waals surface area contributed by atoms with E-state index in [0.29, 0.717) is 17.8 Å². The Morgan fingerprint density at radius 1 is 0.683 bits per heavy atom. The first-order chi connectivity index (χ1) is 19.7. The fraction of sp³-hybridized carbons (Fsp3) is 0.375. The van der Waals surface area contributed by atoms with Gasteiger partial charge in [-0.2, -0.15) is 0 Å². The third-order valence-electron chi connectivity index (χ3n) is 8.01. The van der Waals surface area contributed by atoms with Crippen molar-refractivity contribution < 1.29 is 36.6 Å². The highest BCUT2D eigenvalue weighted by atomic mass is 31.1. The van der Waals surface area contributed by atoms with Gasteiger partial charge in [-0.1, -0.05) is 60.7 Å². The largest absolute Gasteiger partial charge is 0.399 e. The molecule has 0 unspecified atom stereocenters. The Kier molecular flexibility index (Phi) is 5.83. The summed E-state index contributed by atoms with van der Waals surface area (Å²) in [7, 11) is -1.92. The molecule has 212 valence electrons. The zero-order valence-corrected chi connectivity index (χ0v) is 24.1. The number of benzene rings is 4. The van der Waals surface area contributed by atoms with Gasteiger partial charge in [0.2, 0.25) is 0 Å². The predicted molar refractivity (Wildman–Crippen MR) is 155 cm³/mol. The van der Waals surface area contributed by atoms with Gasteiger partial charge in [0.15, 0.2) is 17.9 Å². The van der Waals surface area contributed by atoms with Crippen molar-refractivity contribution in [3.63, 3.8) is 0 Å². The van der Waals surface area contributed by atoms with Gasteiger partial charge in [0.25, 0.3) is 0 Å². The first-order valence-corrected chi connectivity index (χ1v) is 15.0. The topological polar surface area (TPSA) is 81.7 Å². The predicted octanol–water partition coefficient (Wildman–Crippen LogP) is 7.42. The molecular weight excluding hydrogens is 543 g/mol. The van der Waals surface area contributed by atoms with E-state index in [1.165, 1.54) is 0 Å². The standard InChI is InChI=1S/C32H31O8P/c1-31(2)33-17-24(35-31)27-28(29-30(34-27)37-32(3,4)36-29)40-41-38-22-15-13-18-9-5-7-11-20(18)25(22)26-21-12-8-6-10-19(21)14-16-23(26)39-41/h5-16,24,27-30H,17H2,1-4H3/t24-,27+,28+,29+,30+/m0/s1. The Hall–Kier alpha value is -2.94. The molecule has 3 fully saturated rings. The van der Waals surface area contributed by atoms with Gasteiger partial charge in [0, 0.05) is 10.8 Å². The Morgan fingerprint density at radius 3 is 1.88 bits per heavy atom. The van der Waals surface area contributed by atoms with Crippen molar-refractivity contribution in [3.05, 3.63) is 72.8 Å². The van der Waals surface area contributed by atoms with Gasteiger partial charge >= 0.3 is 8.24 Å². The highest BCUT2D eigenvalue weighted by molar-refractivity contribution is 7.31. The van der Waals surface area contributed by atoms with Crippen molar-refractivity contribution in [1.82, 2.24) is 0 Å². The summed E-state index contributed by atoms with van der Waals surface area (Å²) in [6, 6.07) is 24.8. The van der Waals surface area contributed by atoms with Crippen LogP contribution in [0.5, 0.6) is 0 Å². The van der Waals surface area contributed by atoms with Gasteiger partial charge in [-0.05, 0) is 61.4 Å². The van der Waals surface area contributed by atoms with Gasteiger partial charge in [-0.25, -0.2) is 0 Å². The third-order valence-corrected chi connectivity index (χ3v) is 9.12. The smallest absolute Gasteiger partial charge is 0.387 e. The molecule has 0 aliphatic carbocycles. The molecule has 41 heavy (non-hydrogen) atoms. The van der Waals surface area contributed by atoms with Crippen LogP contribution < -0.4 is 4.52 Å². The van der Waals surface area contributed by atoms with Gasteiger partial charge in [-0.15, -0.1) is 0 Å². The molecule has 0 spiro atoms. The van der Waals surface area contributed by atoms with E-state index in [-0.39, 0.29) is 6.10 Å². The van der Waals surface area contributed by atoms with E-state index in [2.05, 4.69) is 36.4 Å². The number of fused-ring (bicyclic) bond motifs is 8. The average molecular weight is 575 g/mol. The molecular formula is C32H31O8P. The molecule has 9 heteroatoms. The Labute approximate surface area is 237 Å². The first kappa shape index (κ1) is 25.7. The van der Waals surface area contributed by atoms with E-state index in [0.717, 1.165) is 32.3 Å². The molecule has 3 saturated heterocycles. The number of ether oxygens (including phenoxy) is 5. The highest BCUT2D eigenvalue weighted by Crippen LogP contribution is 2.46. The second-order valence-electron chi connectivity index (χ2n) is 11.7. The molecule has 5 aromatic rings. The van der Waals surface area contributed by atoms with Crippen molar-refractivity contribution in [1.29, 1.82) is 0 Å². The number of hydrogen-bond acceptors (Lipinski definition) is 8. The van der Waals surface area contributed by atoms with Crippen molar-refractivity contribution in [2.75, 3.05) is 6.61 Å². The summed E-state index contributed by atoms with van der Waals surface area (Å²) in [5, 5.41) is 6.37. The lowest BCUT2D eigenvalue weighted by molar-refractivity contribution is -0.228. The maximum atomic E-state index is 6.73. The maximum Gasteiger partial charge on any atom is 0.387 e. The van der Waals surface area contributed by atoms with Crippen LogP contribution in [0.3, 0.4) is 0 Å². The molecule has 4 aromatic carbocycles. The summed E-state index contributed by atoms with van der Waals surface area (Å²) in [5.41, 5.74) is 1.39. The minimum atomic E-state index is -1.92. The van der Waals surface area contributed by atoms with Crippen molar-refractivity contribution in [3.8, 4) is 0 Å². The average Bonchev–Trinajstić information content (AvgIpc) is 3.52. The molecule has 5 atom stereocenters. The molecule has 4 heterocycles. The van der Waals surface area contributed by atoms with E-state index in [1.54, 1.807) is 0 Å². The zero-order valence-electron chi connectivity index (χ0n) is 23.2. The summed E-state index contributed by atoms with van der Waals surface area (Å²) in [6.45, 7) is 7.87. The van der Waals surface area contributed by atoms with Gasteiger partial charge in [0.1, 0.15) is 35.6 Å². The normalized spacial score (nSPS) is 28.6. The molecule has 0 amide bonds. The molecule has 8 rings (SSSR count). The molecule has 8 nitrogen and oxygen atoms in total. The van der Waals surface area contributed by atoms with Crippen LogP contribution in [0.1, 0.15) is 27.7 Å². The summed E-state index contributed by atoms with van der Waals surface area (Å²) in [5.74, 6) is -1.54. The summed E-state index contributed by atoms with van der Waals surface area (Å²) in [4.78, 5) is 0. The van der Waals surface area contributed by atoms with Crippen LogP contribution in [0, 0.1) is 0 Å². The molecule has 3 aliphatic heterocycles. The first-order valence-electron chi connectivity index (χ1n) is 13.9. The van der Waals surface area contributed by atoms with E-state index < -0.39 is 44.4 Å². The van der Waals surface area contributed by atoms with E-state index >= 15 is 0 Å². The molecule has 1 aromatic heterocycles. The monoisotopic (exact) mass is 574 g/mol.